The zero-order chi connectivity index (χ0) is 15.7. The first kappa shape index (κ1) is 14.2. The molecule has 114 valence electrons. The number of rotatable bonds is 4. The van der Waals surface area contributed by atoms with Gasteiger partial charge in [0.2, 0.25) is 5.91 Å². The van der Waals surface area contributed by atoms with Crippen molar-refractivity contribution in [3.63, 3.8) is 0 Å². The molecule has 1 aromatic heterocycles. The highest BCUT2D eigenvalue weighted by molar-refractivity contribution is 6.01. The van der Waals surface area contributed by atoms with Gasteiger partial charge in [0.15, 0.2) is 0 Å². The fraction of sp³-hybridized carbons (Fsp3) is 0.267. The lowest BCUT2D eigenvalue weighted by molar-refractivity contribution is -0.123. The normalized spacial score (nSPS) is 15.2. The lowest BCUT2D eigenvalue weighted by Crippen LogP contribution is -2.48. The maximum atomic E-state index is 14.0. The number of halogens is 1. The van der Waals surface area contributed by atoms with Gasteiger partial charge in [-0.15, -0.1) is 0 Å². The van der Waals surface area contributed by atoms with E-state index in [2.05, 4.69) is 20.8 Å². The molecule has 7 heteroatoms. The number of benzene rings is 1. The van der Waals surface area contributed by atoms with Crippen molar-refractivity contribution in [2.75, 3.05) is 7.05 Å². The highest BCUT2D eigenvalue weighted by atomic mass is 19.1. The summed E-state index contributed by atoms with van der Waals surface area (Å²) in [5.41, 5.74) is 0.333. The van der Waals surface area contributed by atoms with Crippen LogP contribution in [0.3, 0.4) is 0 Å². The second-order valence-electron chi connectivity index (χ2n) is 5.28. The Hall–Kier alpha value is -2.70. The van der Waals surface area contributed by atoms with Crippen molar-refractivity contribution in [2.45, 2.75) is 18.4 Å². The lowest BCUT2D eigenvalue weighted by Gasteiger charge is -2.16. The number of carbonyl (C=O) groups excluding carboxylic acids is 2. The molecule has 0 bridgehead atoms. The fourth-order valence-electron chi connectivity index (χ4n) is 2.34. The Morgan fingerprint density at radius 2 is 2.09 bits per heavy atom. The van der Waals surface area contributed by atoms with Gasteiger partial charge in [-0.25, -0.2) is 4.39 Å². The van der Waals surface area contributed by atoms with Crippen molar-refractivity contribution < 1.29 is 14.0 Å². The van der Waals surface area contributed by atoms with Gasteiger partial charge in [0.05, 0.1) is 11.3 Å². The van der Waals surface area contributed by atoms with Crippen LogP contribution in [-0.2, 0) is 4.79 Å². The Balaban J connectivity index is 1.86. The molecule has 1 saturated carbocycles. The molecule has 1 aliphatic rings. The Kier molecular flexibility index (Phi) is 3.40. The predicted molar refractivity (Wildman–Crippen MR) is 77.5 cm³/mol. The number of aromatic amines is 1. The molecule has 0 aliphatic heterocycles. The molecule has 0 unspecified atom stereocenters. The molecule has 1 aromatic carbocycles. The van der Waals surface area contributed by atoms with E-state index in [1.165, 1.54) is 19.2 Å². The van der Waals surface area contributed by atoms with Crippen LogP contribution in [0.1, 0.15) is 23.2 Å². The smallest absolute Gasteiger partial charge is 0.255 e. The summed E-state index contributed by atoms with van der Waals surface area (Å²) in [4.78, 5) is 24.1. The van der Waals surface area contributed by atoms with Crippen molar-refractivity contribution in [3.8, 4) is 11.3 Å². The van der Waals surface area contributed by atoms with Crippen LogP contribution in [0.2, 0.25) is 0 Å². The molecule has 22 heavy (non-hydrogen) atoms. The van der Waals surface area contributed by atoms with E-state index in [9.17, 15) is 14.0 Å². The van der Waals surface area contributed by atoms with Crippen LogP contribution in [0.25, 0.3) is 11.3 Å². The summed E-state index contributed by atoms with van der Waals surface area (Å²) in [5.74, 6) is -1.49. The van der Waals surface area contributed by atoms with Crippen molar-refractivity contribution in [3.05, 3.63) is 41.8 Å². The molecule has 1 heterocycles. The summed E-state index contributed by atoms with van der Waals surface area (Å²) in [5, 5.41) is 11.7. The number of amides is 2. The highest BCUT2D eigenvalue weighted by Crippen LogP contribution is 2.36. The third-order valence-electron chi connectivity index (χ3n) is 3.79. The SMILES string of the molecule is CNC(=O)C1(NC(=O)c2cc(-c3ccn[nH]3)ccc2F)CC1. The summed E-state index contributed by atoms with van der Waals surface area (Å²) >= 11 is 0. The van der Waals surface area contributed by atoms with Crippen molar-refractivity contribution in [2.24, 2.45) is 0 Å². The lowest BCUT2D eigenvalue weighted by atomic mass is 10.1. The van der Waals surface area contributed by atoms with E-state index >= 15 is 0 Å². The minimum Gasteiger partial charge on any atom is -0.357 e. The van der Waals surface area contributed by atoms with Crippen LogP contribution < -0.4 is 10.6 Å². The second kappa shape index (κ2) is 5.25. The number of nitrogens with one attached hydrogen (secondary N) is 3. The number of likely N-dealkylation sites (N-methyl/N-ethyl adjacent to an activating group) is 1. The van der Waals surface area contributed by atoms with Crippen LogP contribution in [0.4, 0.5) is 4.39 Å². The van der Waals surface area contributed by atoms with Crippen LogP contribution in [0.15, 0.2) is 30.5 Å². The Bertz CT molecular complexity index is 723. The van der Waals surface area contributed by atoms with Crippen molar-refractivity contribution in [1.29, 1.82) is 0 Å². The van der Waals surface area contributed by atoms with Gasteiger partial charge in [-0.1, -0.05) is 0 Å². The topological polar surface area (TPSA) is 86.9 Å². The van der Waals surface area contributed by atoms with Crippen LogP contribution in [0, 0.1) is 5.82 Å². The first-order valence-corrected chi connectivity index (χ1v) is 6.90. The third-order valence-corrected chi connectivity index (χ3v) is 3.79. The van der Waals surface area contributed by atoms with E-state index in [0.29, 0.717) is 24.1 Å². The number of hydrogen-bond acceptors (Lipinski definition) is 3. The minimum atomic E-state index is -0.901. The number of H-pyrrole nitrogens is 1. The van der Waals surface area contributed by atoms with E-state index in [4.69, 9.17) is 0 Å². The van der Waals surface area contributed by atoms with Gasteiger partial charge >= 0.3 is 0 Å². The van der Waals surface area contributed by atoms with E-state index < -0.39 is 17.3 Å². The number of hydrogen-bond donors (Lipinski definition) is 3. The van der Waals surface area contributed by atoms with Gasteiger partial charge in [-0.05, 0) is 37.1 Å². The van der Waals surface area contributed by atoms with E-state index in [1.807, 2.05) is 0 Å². The van der Waals surface area contributed by atoms with Gasteiger partial charge in [-0.3, -0.25) is 14.7 Å². The van der Waals surface area contributed by atoms with Crippen molar-refractivity contribution >= 4 is 11.8 Å². The zero-order valence-electron chi connectivity index (χ0n) is 11.9. The summed E-state index contributed by atoms with van der Waals surface area (Å²) in [6.45, 7) is 0. The summed E-state index contributed by atoms with van der Waals surface area (Å²) in [7, 11) is 1.51. The molecule has 2 amide bonds. The van der Waals surface area contributed by atoms with Crippen LogP contribution in [0.5, 0.6) is 0 Å². The number of aromatic nitrogens is 2. The molecule has 0 atom stereocenters. The highest BCUT2D eigenvalue weighted by Gasteiger charge is 2.50. The van der Waals surface area contributed by atoms with Crippen LogP contribution in [-0.4, -0.2) is 34.6 Å². The maximum absolute atomic E-state index is 14.0. The molecular weight excluding hydrogens is 287 g/mol. The minimum absolute atomic E-state index is 0.0951. The Morgan fingerprint density at radius 1 is 1.32 bits per heavy atom. The first-order valence-electron chi connectivity index (χ1n) is 6.90. The summed E-state index contributed by atoms with van der Waals surface area (Å²) in [6.07, 6.45) is 2.68. The van der Waals surface area contributed by atoms with Gasteiger partial charge in [0, 0.05) is 18.8 Å². The predicted octanol–water partition coefficient (Wildman–Crippen LogP) is 1.22. The molecule has 6 nitrogen and oxygen atoms in total. The molecule has 0 radical (unpaired) electrons. The van der Waals surface area contributed by atoms with E-state index in [0.717, 1.165) is 0 Å². The molecule has 2 aromatic rings. The monoisotopic (exact) mass is 302 g/mol. The van der Waals surface area contributed by atoms with Gasteiger partial charge in [-0.2, -0.15) is 5.10 Å². The zero-order valence-corrected chi connectivity index (χ0v) is 11.9. The van der Waals surface area contributed by atoms with Gasteiger partial charge in [0.25, 0.3) is 5.91 Å². The largest absolute Gasteiger partial charge is 0.357 e. The van der Waals surface area contributed by atoms with E-state index in [1.54, 1.807) is 18.3 Å². The molecule has 0 spiro atoms. The molecule has 1 fully saturated rings. The standard InChI is InChI=1S/C15H15FN4O2/c1-17-14(22)15(5-6-15)19-13(21)10-8-9(2-3-11(10)16)12-4-7-18-20-12/h2-4,7-8H,5-6H2,1H3,(H,17,22)(H,18,20)(H,19,21). The molecule has 1 aliphatic carbocycles. The maximum Gasteiger partial charge on any atom is 0.255 e. The Labute approximate surface area is 126 Å². The summed E-state index contributed by atoms with van der Waals surface area (Å²) < 4.78 is 14.0. The number of carbonyl (C=O) groups is 2. The second-order valence-corrected chi connectivity index (χ2v) is 5.28. The van der Waals surface area contributed by atoms with Crippen LogP contribution >= 0.6 is 0 Å². The van der Waals surface area contributed by atoms with Gasteiger partial charge < -0.3 is 10.6 Å². The van der Waals surface area contributed by atoms with E-state index in [-0.39, 0.29) is 11.5 Å². The molecular formula is C15H15FN4O2. The first-order chi connectivity index (χ1) is 10.6. The average Bonchev–Trinajstić information content (AvgIpc) is 3.09. The summed E-state index contributed by atoms with van der Waals surface area (Å²) in [6, 6.07) is 5.95. The number of nitrogens with zero attached hydrogens (tertiary/aromatic N) is 1. The average molecular weight is 302 g/mol. The van der Waals surface area contributed by atoms with Crippen molar-refractivity contribution in [1.82, 2.24) is 20.8 Å². The molecule has 0 saturated heterocycles. The van der Waals surface area contributed by atoms with Gasteiger partial charge in [0.1, 0.15) is 11.4 Å². The fourth-order valence-corrected chi connectivity index (χ4v) is 2.34. The third kappa shape index (κ3) is 2.45. The Morgan fingerprint density at radius 3 is 2.68 bits per heavy atom. The molecule has 3 N–H and O–H groups in total. The molecule has 3 rings (SSSR count). The quantitative estimate of drug-likeness (QED) is 0.793.